The predicted molar refractivity (Wildman–Crippen MR) is 116 cm³/mol. The van der Waals surface area contributed by atoms with Crippen LogP contribution in [0.1, 0.15) is 0 Å². The first-order valence-corrected chi connectivity index (χ1v) is 10.3. The normalized spacial score (nSPS) is 9.14. The van der Waals surface area contributed by atoms with Crippen LogP contribution in [0.25, 0.3) is 0 Å². The largest absolute Gasteiger partial charge is 1.00 e. The predicted octanol–water partition coefficient (Wildman–Crippen LogP) is -0.153. The molecule has 0 aliphatic heterocycles. The van der Waals surface area contributed by atoms with Crippen LogP contribution in [-0.4, -0.2) is 0 Å². The summed E-state index contributed by atoms with van der Waals surface area (Å²) in [6.07, 6.45) is 0. The van der Waals surface area contributed by atoms with E-state index in [9.17, 15) is 0 Å². The molecule has 0 nitrogen and oxygen atoms in total. The maximum absolute atomic E-state index is 2.15. The molecule has 4 heteroatoms. The third-order valence-electron chi connectivity index (χ3n) is 3.54. The monoisotopic (exact) mass is 444 g/mol. The lowest BCUT2D eigenvalue weighted by atomic mass is 10.4. The SMILES string of the molecule is [Cl-].[Cl-].c1ccc([SH+]c2ccccc2)cc1.c1ccc([SH+]c2ccccc2)cc1. The summed E-state index contributed by atoms with van der Waals surface area (Å²) >= 11 is 2.56. The van der Waals surface area contributed by atoms with E-state index in [2.05, 4.69) is 97.1 Å². The van der Waals surface area contributed by atoms with Gasteiger partial charge < -0.3 is 24.8 Å². The Morgan fingerprint density at radius 1 is 0.286 bits per heavy atom. The van der Waals surface area contributed by atoms with E-state index in [1.165, 1.54) is 43.1 Å². The zero-order valence-electron chi connectivity index (χ0n) is 15.2. The van der Waals surface area contributed by atoms with Crippen LogP contribution in [0, 0.1) is 0 Å². The van der Waals surface area contributed by atoms with Crippen LogP contribution < -0.4 is 24.8 Å². The highest BCUT2D eigenvalue weighted by atomic mass is 35.5. The van der Waals surface area contributed by atoms with Crippen molar-refractivity contribution >= 4 is 23.5 Å². The molecule has 0 aliphatic rings. The van der Waals surface area contributed by atoms with E-state index >= 15 is 0 Å². The molecule has 0 unspecified atom stereocenters. The number of hydrogen-bond acceptors (Lipinski definition) is 0. The van der Waals surface area contributed by atoms with Gasteiger partial charge in [0.05, 0.1) is 0 Å². The van der Waals surface area contributed by atoms with Crippen molar-refractivity contribution in [2.75, 3.05) is 0 Å². The van der Waals surface area contributed by atoms with Gasteiger partial charge in [-0.3, -0.25) is 0 Å². The van der Waals surface area contributed by atoms with Crippen LogP contribution in [0.4, 0.5) is 0 Å². The van der Waals surface area contributed by atoms with Crippen molar-refractivity contribution in [3.05, 3.63) is 121 Å². The van der Waals surface area contributed by atoms with Gasteiger partial charge in [0.15, 0.2) is 19.6 Å². The molecule has 4 rings (SSSR count). The third kappa shape index (κ3) is 8.90. The maximum Gasteiger partial charge on any atom is 0.158 e. The Kier molecular flexibility index (Phi) is 12.3. The molecule has 28 heavy (non-hydrogen) atoms. The van der Waals surface area contributed by atoms with Crippen LogP contribution >= 0.6 is 0 Å². The average Bonchev–Trinajstić information content (AvgIpc) is 2.72. The summed E-state index contributed by atoms with van der Waals surface area (Å²) in [5.41, 5.74) is 0. The number of halogens is 2. The molecule has 4 aromatic rings. The molecule has 4 aromatic carbocycles. The van der Waals surface area contributed by atoms with Gasteiger partial charge in [0.1, 0.15) is 0 Å². The lowest BCUT2D eigenvalue weighted by Crippen LogP contribution is -3.00. The standard InChI is InChI=1S/2C12H10S.2ClH/c2*1-3-7-11(8-4-1)13-12-9-5-2-6-10-12;;/h2*1-10H;2*1H. The second-order valence-corrected chi connectivity index (χ2v) is 8.08. The fraction of sp³-hybridized carbons (Fsp3) is 0. The Morgan fingerprint density at radius 2 is 0.464 bits per heavy atom. The first-order valence-electron chi connectivity index (χ1n) is 8.54. The molecule has 0 radical (unpaired) electrons. The van der Waals surface area contributed by atoms with E-state index in [1.54, 1.807) is 0 Å². The molecule has 144 valence electrons. The summed E-state index contributed by atoms with van der Waals surface area (Å²) < 4.78 is 0. The minimum Gasteiger partial charge on any atom is -1.00 e. The van der Waals surface area contributed by atoms with E-state index in [4.69, 9.17) is 0 Å². The summed E-state index contributed by atoms with van der Waals surface area (Å²) in [6.45, 7) is 0. The van der Waals surface area contributed by atoms with Gasteiger partial charge in [0, 0.05) is 23.5 Å². The topological polar surface area (TPSA) is 0 Å². The molecule has 0 aliphatic carbocycles. The van der Waals surface area contributed by atoms with Crippen molar-refractivity contribution in [3.63, 3.8) is 0 Å². The quantitative estimate of drug-likeness (QED) is 0.303. The van der Waals surface area contributed by atoms with Crippen molar-refractivity contribution < 1.29 is 24.8 Å². The second kappa shape index (κ2) is 14.2. The van der Waals surface area contributed by atoms with Gasteiger partial charge in [-0.05, 0) is 48.5 Å². The van der Waals surface area contributed by atoms with Crippen molar-refractivity contribution in [2.24, 2.45) is 0 Å². The van der Waals surface area contributed by atoms with Crippen LogP contribution in [0.2, 0.25) is 0 Å². The van der Waals surface area contributed by atoms with Gasteiger partial charge in [-0.1, -0.05) is 72.8 Å². The molecular weight excluding hydrogens is 423 g/mol. The molecule has 0 aromatic heterocycles. The molecule has 0 atom stereocenters. The Labute approximate surface area is 188 Å². The Morgan fingerprint density at radius 3 is 0.643 bits per heavy atom. The van der Waals surface area contributed by atoms with Gasteiger partial charge in [0.25, 0.3) is 0 Å². The summed E-state index contributed by atoms with van der Waals surface area (Å²) in [7, 11) is 0. The zero-order chi connectivity index (χ0) is 17.9. The van der Waals surface area contributed by atoms with Gasteiger partial charge in [-0.15, -0.1) is 0 Å². The maximum atomic E-state index is 2.15. The van der Waals surface area contributed by atoms with Crippen molar-refractivity contribution in [2.45, 2.75) is 19.6 Å². The highest BCUT2D eigenvalue weighted by Crippen LogP contribution is 2.11. The van der Waals surface area contributed by atoms with Crippen molar-refractivity contribution in [3.8, 4) is 0 Å². The Bertz CT molecular complexity index is 719. The van der Waals surface area contributed by atoms with E-state index in [1.807, 2.05) is 24.3 Å². The van der Waals surface area contributed by atoms with E-state index in [0.29, 0.717) is 0 Å². The summed E-state index contributed by atoms with van der Waals surface area (Å²) in [6, 6.07) is 42.0. The van der Waals surface area contributed by atoms with Gasteiger partial charge >= 0.3 is 0 Å². The Balaban J connectivity index is 0.000000261. The summed E-state index contributed by atoms with van der Waals surface area (Å²) in [4.78, 5) is 5.37. The lowest BCUT2D eigenvalue weighted by molar-refractivity contribution is -0.001000. The second-order valence-electron chi connectivity index (χ2n) is 5.57. The fourth-order valence-electron chi connectivity index (χ4n) is 2.31. The number of rotatable bonds is 4. The summed E-state index contributed by atoms with van der Waals surface area (Å²) in [5.74, 6) is 0. The molecule has 0 spiro atoms. The van der Waals surface area contributed by atoms with Crippen molar-refractivity contribution in [1.82, 2.24) is 0 Å². The molecule has 0 fully saturated rings. The van der Waals surface area contributed by atoms with E-state index < -0.39 is 0 Å². The molecule has 0 N–H and O–H groups in total. The average molecular weight is 445 g/mol. The fourth-order valence-corrected chi connectivity index (χ4v) is 4.19. The molecular formula is C24H22Cl2S2. The summed E-state index contributed by atoms with van der Waals surface area (Å²) in [5, 5.41) is 0. The van der Waals surface area contributed by atoms with Gasteiger partial charge in [-0.25, -0.2) is 0 Å². The zero-order valence-corrected chi connectivity index (χ0v) is 18.5. The highest BCUT2D eigenvalue weighted by molar-refractivity contribution is 7.78. The smallest absolute Gasteiger partial charge is 0.158 e. The lowest BCUT2D eigenvalue weighted by Gasteiger charge is -1.90. The first kappa shape index (κ1) is 24.2. The third-order valence-corrected chi connectivity index (χ3v) is 5.77. The first-order chi connectivity index (χ1) is 12.9. The highest BCUT2D eigenvalue weighted by Gasteiger charge is 2.04. The molecule has 0 amide bonds. The molecule has 0 saturated heterocycles. The minimum absolute atomic E-state index is 0. The number of thiol groups is 2. The van der Waals surface area contributed by atoms with Crippen LogP contribution in [0.15, 0.2) is 141 Å². The van der Waals surface area contributed by atoms with Crippen LogP contribution in [0.5, 0.6) is 0 Å². The molecule has 0 saturated carbocycles. The van der Waals surface area contributed by atoms with Crippen molar-refractivity contribution in [1.29, 1.82) is 0 Å². The van der Waals surface area contributed by atoms with Gasteiger partial charge in [-0.2, -0.15) is 0 Å². The van der Waals surface area contributed by atoms with Crippen LogP contribution in [-0.2, 0) is 23.5 Å². The van der Waals surface area contributed by atoms with Gasteiger partial charge in [0.2, 0.25) is 0 Å². The van der Waals surface area contributed by atoms with Crippen LogP contribution in [0.3, 0.4) is 0 Å². The molecule has 0 bridgehead atoms. The van der Waals surface area contributed by atoms with E-state index in [-0.39, 0.29) is 24.8 Å². The van der Waals surface area contributed by atoms with E-state index in [0.717, 1.165) is 0 Å². The molecule has 0 heterocycles. The minimum atomic E-state index is 0. The Hall–Kier alpha value is -1.84. The number of benzene rings is 4. The number of hydrogen-bond donors (Lipinski definition) is 0.